The molecule has 1 aromatic heterocycles. The number of aromatic nitrogens is 1. The van der Waals surface area contributed by atoms with Crippen LogP contribution in [0.5, 0.6) is 0 Å². The molecule has 0 unspecified atom stereocenters. The Balaban J connectivity index is 1.97. The minimum absolute atomic E-state index is 0.714. The summed E-state index contributed by atoms with van der Waals surface area (Å²) in [6.45, 7) is 2.35. The summed E-state index contributed by atoms with van der Waals surface area (Å²) < 4.78 is 2.36. The third-order valence-corrected chi connectivity index (χ3v) is 3.08. The van der Waals surface area contributed by atoms with E-state index in [1.165, 1.54) is 18.7 Å². The Hall–Kier alpha value is -0.540. The maximum Gasteiger partial charge on any atom is 0.0303 e. The summed E-state index contributed by atoms with van der Waals surface area (Å²) in [5.41, 5.74) is 1.38. The highest BCUT2D eigenvalue weighted by Crippen LogP contribution is 2.29. The Morgan fingerprint density at radius 3 is 3.00 bits per heavy atom. The Morgan fingerprint density at radius 2 is 2.42 bits per heavy atom. The number of nitrogens with zero attached hydrogens (tertiary/aromatic N) is 2. The minimum Gasteiger partial charge on any atom is -0.264 e. The molecule has 0 bridgehead atoms. The van der Waals surface area contributed by atoms with Crippen LogP contribution >= 0.6 is 11.9 Å². The molecule has 12 heavy (non-hydrogen) atoms. The molecule has 1 aromatic rings. The second-order valence-electron chi connectivity index (χ2n) is 3.01. The summed E-state index contributed by atoms with van der Waals surface area (Å²) in [5, 5.41) is 0. The number of rotatable bonds is 2. The fourth-order valence-corrected chi connectivity index (χ4v) is 2.07. The van der Waals surface area contributed by atoms with Crippen LogP contribution in [0.1, 0.15) is 11.5 Å². The number of hydrogen-bond donors (Lipinski definition) is 0. The topological polar surface area (TPSA) is 16.1 Å². The third kappa shape index (κ3) is 1.47. The van der Waals surface area contributed by atoms with E-state index in [0.29, 0.717) is 5.92 Å². The van der Waals surface area contributed by atoms with Gasteiger partial charge in [0.2, 0.25) is 0 Å². The average molecular weight is 180 g/mol. The van der Waals surface area contributed by atoms with Crippen molar-refractivity contribution < 1.29 is 0 Å². The monoisotopic (exact) mass is 180 g/mol. The molecule has 2 heterocycles. The summed E-state index contributed by atoms with van der Waals surface area (Å²) >= 11 is 1.82. The lowest BCUT2D eigenvalue weighted by Crippen LogP contribution is -2.39. The van der Waals surface area contributed by atoms with Crippen LogP contribution < -0.4 is 0 Å². The van der Waals surface area contributed by atoms with E-state index in [9.17, 15) is 0 Å². The van der Waals surface area contributed by atoms with Gasteiger partial charge in [0.05, 0.1) is 0 Å². The zero-order chi connectivity index (χ0) is 8.39. The van der Waals surface area contributed by atoms with Crippen molar-refractivity contribution in [3.8, 4) is 0 Å². The first-order valence-corrected chi connectivity index (χ1v) is 5.27. The molecular weight excluding hydrogens is 168 g/mol. The highest BCUT2D eigenvalue weighted by molar-refractivity contribution is 7.96. The van der Waals surface area contributed by atoms with Crippen molar-refractivity contribution in [2.45, 2.75) is 5.92 Å². The number of hydrogen-bond acceptors (Lipinski definition) is 3. The SMILES string of the molecule is CSN1CC(c2cccnc2)C1. The predicted molar refractivity (Wildman–Crippen MR) is 52.1 cm³/mol. The van der Waals surface area contributed by atoms with Crippen LogP contribution in [0.15, 0.2) is 24.5 Å². The lowest BCUT2D eigenvalue weighted by atomic mass is 9.95. The van der Waals surface area contributed by atoms with Gasteiger partial charge in [-0.2, -0.15) is 0 Å². The molecule has 0 radical (unpaired) electrons. The van der Waals surface area contributed by atoms with Crippen LogP contribution in [-0.4, -0.2) is 28.6 Å². The summed E-state index contributed by atoms with van der Waals surface area (Å²) in [5.74, 6) is 0.714. The van der Waals surface area contributed by atoms with E-state index in [0.717, 1.165) is 0 Å². The van der Waals surface area contributed by atoms with Crippen molar-refractivity contribution in [3.63, 3.8) is 0 Å². The molecule has 0 aromatic carbocycles. The van der Waals surface area contributed by atoms with Crippen molar-refractivity contribution in [1.82, 2.24) is 9.29 Å². The van der Waals surface area contributed by atoms with Gasteiger partial charge >= 0.3 is 0 Å². The van der Waals surface area contributed by atoms with Crippen LogP contribution in [0, 0.1) is 0 Å². The van der Waals surface area contributed by atoms with Gasteiger partial charge in [0.1, 0.15) is 0 Å². The standard InChI is InChI=1S/C9H12N2S/c1-12-11-6-9(7-11)8-3-2-4-10-5-8/h2-5,9H,6-7H2,1H3. The highest BCUT2D eigenvalue weighted by atomic mass is 32.2. The Morgan fingerprint density at radius 1 is 1.58 bits per heavy atom. The summed E-state index contributed by atoms with van der Waals surface area (Å²) in [4.78, 5) is 4.11. The van der Waals surface area contributed by atoms with Gasteiger partial charge in [-0.05, 0) is 17.9 Å². The third-order valence-electron chi connectivity index (χ3n) is 2.26. The molecule has 2 rings (SSSR count). The van der Waals surface area contributed by atoms with Gasteiger partial charge in [0, 0.05) is 31.4 Å². The highest BCUT2D eigenvalue weighted by Gasteiger charge is 2.27. The van der Waals surface area contributed by atoms with E-state index in [4.69, 9.17) is 0 Å². The largest absolute Gasteiger partial charge is 0.264 e. The Kier molecular flexibility index (Phi) is 2.33. The van der Waals surface area contributed by atoms with Crippen molar-refractivity contribution >= 4 is 11.9 Å². The molecule has 2 nitrogen and oxygen atoms in total. The van der Waals surface area contributed by atoms with Gasteiger partial charge < -0.3 is 0 Å². The average Bonchev–Trinajstić information content (AvgIpc) is 2.04. The Bertz CT molecular complexity index is 244. The van der Waals surface area contributed by atoms with Crippen molar-refractivity contribution in [3.05, 3.63) is 30.1 Å². The van der Waals surface area contributed by atoms with Gasteiger partial charge in [-0.1, -0.05) is 18.0 Å². The van der Waals surface area contributed by atoms with E-state index < -0.39 is 0 Å². The summed E-state index contributed by atoms with van der Waals surface area (Å²) in [6.07, 6.45) is 5.93. The molecule has 0 saturated carbocycles. The first kappa shape index (κ1) is 8.08. The number of pyridine rings is 1. The molecule has 1 aliphatic heterocycles. The zero-order valence-electron chi connectivity index (χ0n) is 7.10. The molecule has 3 heteroatoms. The normalized spacial score (nSPS) is 19.1. The second-order valence-corrected chi connectivity index (χ2v) is 3.89. The lowest BCUT2D eigenvalue weighted by molar-refractivity contribution is 0.291. The quantitative estimate of drug-likeness (QED) is 0.645. The molecule has 0 amide bonds. The molecule has 1 fully saturated rings. The smallest absolute Gasteiger partial charge is 0.0303 e. The first-order chi connectivity index (χ1) is 5.90. The van der Waals surface area contributed by atoms with Crippen molar-refractivity contribution in [2.24, 2.45) is 0 Å². The maximum absolute atomic E-state index is 4.11. The van der Waals surface area contributed by atoms with Gasteiger partial charge in [-0.15, -0.1) is 0 Å². The van der Waals surface area contributed by atoms with Crippen LogP contribution in [0.3, 0.4) is 0 Å². The van der Waals surface area contributed by atoms with Crippen LogP contribution in [0.4, 0.5) is 0 Å². The van der Waals surface area contributed by atoms with E-state index in [-0.39, 0.29) is 0 Å². The van der Waals surface area contributed by atoms with Crippen molar-refractivity contribution in [1.29, 1.82) is 0 Å². The summed E-state index contributed by atoms with van der Waals surface area (Å²) in [7, 11) is 0. The molecule has 0 aliphatic carbocycles. The van der Waals surface area contributed by atoms with E-state index in [1.807, 2.05) is 30.4 Å². The molecule has 1 aliphatic rings. The fourth-order valence-electron chi connectivity index (χ4n) is 1.42. The van der Waals surface area contributed by atoms with Crippen molar-refractivity contribution in [2.75, 3.05) is 19.3 Å². The fraction of sp³-hybridized carbons (Fsp3) is 0.444. The van der Waals surface area contributed by atoms with Crippen LogP contribution in [0.25, 0.3) is 0 Å². The maximum atomic E-state index is 4.11. The molecule has 0 spiro atoms. The zero-order valence-corrected chi connectivity index (χ0v) is 7.92. The minimum atomic E-state index is 0.714. The van der Waals surface area contributed by atoms with Crippen LogP contribution in [-0.2, 0) is 0 Å². The van der Waals surface area contributed by atoms with E-state index >= 15 is 0 Å². The van der Waals surface area contributed by atoms with E-state index in [1.54, 1.807) is 0 Å². The molecule has 0 atom stereocenters. The van der Waals surface area contributed by atoms with E-state index in [2.05, 4.69) is 21.6 Å². The van der Waals surface area contributed by atoms with Crippen LogP contribution in [0.2, 0.25) is 0 Å². The lowest BCUT2D eigenvalue weighted by Gasteiger charge is -2.37. The summed E-state index contributed by atoms with van der Waals surface area (Å²) in [6, 6.07) is 4.17. The van der Waals surface area contributed by atoms with Gasteiger partial charge in [-0.3, -0.25) is 4.98 Å². The second kappa shape index (κ2) is 3.46. The van der Waals surface area contributed by atoms with Gasteiger partial charge in [0.15, 0.2) is 0 Å². The molecule has 0 N–H and O–H groups in total. The van der Waals surface area contributed by atoms with Gasteiger partial charge in [-0.25, -0.2) is 4.31 Å². The van der Waals surface area contributed by atoms with Gasteiger partial charge in [0.25, 0.3) is 0 Å². The molecular formula is C9H12N2S. The molecule has 64 valence electrons. The Labute approximate surface area is 77.1 Å². The first-order valence-electron chi connectivity index (χ1n) is 4.09. The molecule has 1 saturated heterocycles. The predicted octanol–water partition coefficient (Wildman–Crippen LogP) is 1.76.